The smallest absolute Gasteiger partial charge is 0.242 e. The van der Waals surface area contributed by atoms with Crippen molar-refractivity contribution in [2.24, 2.45) is 0 Å². The molecule has 1 atom stereocenters. The van der Waals surface area contributed by atoms with Crippen molar-refractivity contribution < 1.29 is 13.5 Å². The Labute approximate surface area is 102 Å². The SMILES string of the molecule is CC(O)CCN(C)S(=O)(=O)c1cccc(N)c1. The summed E-state index contributed by atoms with van der Waals surface area (Å²) in [6, 6.07) is 6.16. The van der Waals surface area contributed by atoms with Crippen molar-refractivity contribution in [1.29, 1.82) is 0 Å². The monoisotopic (exact) mass is 258 g/mol. The topological polar surface area (TPSA) is 83.6 Å². The Balaban J connectivity index is 2.88. The van der Waals surface area contributed by atoms with Crippen LogP contribution in [0.3, 0.4) is 0 Å². The van der Waals surface area contributed by atoms with Gasteiger partial charge in [0.1, 0.15) is 0 Å². The average Bonchev–Trinajstić information content (AvgIpc) is 2.25. The van der Waals surface area contributed by atoms with Crippen LogP contribution in [0, 0.1) is 0 Å². The van der Waals surface area contributed by atoms with Crippen LogP contribution < -0.4 is 5.73 Å². The summed E-state index contributed by atoms with van der Waals surface area (Å²) in [7, 11) is -2.03. The molecule has 17 heavy (non-hydrogen) atoms. The summed E-state index contributed by atoms with van der Waals surface area (Å²) in [6.07, 6.45) is -0.119. The Morgan fingerprint density at radius 2 is 2.12 bits per heavy atom. The molecule has 0 saturated carbocycles. The molecule has 0 aliphatic carbocycles. The molecule has 0 spiro atoms. The fraction of sp³-hybridized carbons (Fsp3) is 0.455. The van der Waals surface area contributed by atoms with Crippen molar-refractivity contribution in [3.05, 3.63) is 24.3 Å². The fourth-order valence-corrected chi connectivity index (χ4v) is 2.58. The van der Waals surface area contributed by atoms with Gasteiger partial charge in [0.15, 0.2) is 0 Å². The van der Waals surface area contributed by atoms with Crippen molar-refractivity contribution in [2.45, 2.75) is 24.3 Å². The maximum absolute atomic E-state index is 12.1. The molecule has 0 fully saturated rings. The number of aliphatic hydroxyl groups is 1. The number of nitrogens with zero attached hydrogens (tertiary/aromatic N) is 1. The second-order valence-corrected chi connectivity index (χ2v) is 6.08. The minimum atomic E-state index is -3.51. The zero-order valence-electron chi connectivity index (χ0n) is 10.00. The van der Waals surface area contributed by atoms with E-state index in [1.165, 1.54) is 23.5 Å². The minimum Gasteiger partial charge on any atom is -0.399 e. The van der Waals surface area contributed by atoms with E-state index in [1.54, 1.807) is 19.1 Å². The fourth-order valence-electron chi connectivity index (χ4n) is 1.34. The number of aliphatic hydroxyl groups excluding tert-OH is 1. The molecule has 6 heteroatoms. The van der Waals surface area contributed by atoms with E-state index >= 15 is 0 Å². The number of sulfonamides is 1. The van der Waals surface area contributed by atoms with Crippen LogP contribution >= 0.6 is 0 Å². The highest BCUT2D eigenvalue weighted by Gasteiger charge is 2.20. The van der Waals surface area contributed by atoms with Crippen molar-refractivity contribution in [3.8, 4) is 0 Å². The summed E-state index contributed by atoms with van der Waals surface area (Å²) in [4.78, 5) is 0.172. The first-order valence-electron chi connectivity index (χ1n) is 5.34. The first-order chi connectivity index (χ1) is 7.84. The van der Waals surface area contributed by atoms with Gasteiger partial charge >= 0.3 is 0 Å². The first kappa shape index (κ1) is 14.0. The van der Waals surface area contributed by atoms with E-state index in [9.17, 15) is 8.42 Å². The van der Waals surface area contributed by atoms with E-state index in [4.69, 9.17) is 10.8 Å². The summed E-state index contributed by atoms with van der Waals surface area (Å²) in [5.41, 5.74) is 5.97. The molecule has 1 aromatic carbocycles. The molecule has 0 aromatic heterocycles. The summed E-state index contributed by atoms with van der Waals surface area (Å²) in [6.45, 7) is 1.90. The summed E-state index contributed by atoms with van der Waals surface area (Å²) in [5.74, 6) is 0. The lowest BCUT2D eigenvalue weighted by atomic mass is 10.3. The molecular formula is C11H18N2O3S. The van der Waals surface area contributed by atoms with Crippen LogP contribution in [0.15, 0.2) is 29.2 Å². The largest absolute Gasteiger partial charge is 0.399 e. The van der Waals surface area contributed by atoms with Crippen LogP contribution in [0.1, 0.15) is 13.3 Å². The summed E-state index contributed by atoms with van der Waals surface area (Å²) >= 11 is 0. The Kier molecular flexibility index (Phi) is 4.50. The Hall–Kier alpha value is -1.11. The van der Waals surface area contributed by atoms with Crippen molar-refractivity contribution in [1.82, 2.24) is 4.31 Å². The number of nitrogens with two attached hydrogens (primary N) is 1. The van der Waals surface area contributed by atoms with Gasteiger partial charge in [-0.1, -0.05) is 6.07 Å². The highest BCUT2D eigenvalue weighted by atomic mass is 32.2. The third kappa shape index (κ3) is 3.69. The lowest BCUT2D eigenvalue weighted by Crippen LogP contribution is -2.29. The lowest BCUT2D eigenvalue weighted by molar-refractivity contribution is 0.177. The standard InChI is InChI=1S/C11H18N2O3S/c1-9(14)6-7-13(2)17(15,16)11-5-3-4-10(12)8-11/h3-5,8-9,14H,6-7,12H2,1-2H3. The molecule has 1 unspecified atom stereocenters. The number of hydrogen-bond donors (Lipinski definition) is 2. The van der Waals surface area contributed by atoms with E-state index in [-0.39, 0.29) is 11.4 Å². The van der Waals surface area contributed by atoms with Gasteiger partial charge in [-0.2, -0.15) is 0 Å². The molecule has 5 nitrogen and oxygen atoms in total. The third-order valence-corrected chi connectivity index (χ3v) is 4.28. The van der Waals surface area contributed by atoms with Crippen LogP contribution in [-0.4, -0.2) is 37.5 Å². The van der Waals surface area contributed by atoms with E-state index in [2.05, 4.69) is 0 Å². The second kappa shape index (κ2) is 5.48. The Morgan fingerprint density at radius 1 is 1.47 bits per heavy atom. The number of rotatable bonds is 5. The highest BCUT2D eigenvalue weighted by Crippen LogP contribution is 2.17. The first-order valence-corrected chi connectivity index (χ1v) is 6.78. The quantitative estimate of drug-likeness (QED) is 0.760. The Bertz CT molecular complexity index is 471. The molecule has 0 radical (unpaired) electrons. The average molecular weight is 258 g/mol. The minimum absolute atomic E-state index is 0.172. The zero-order chi connectivity index (χ0) is 13.1. The number of benzene rings is 1. The number of anilines is 1. The summed E-state index contributed by atoms with van der Waals surface area (Å²) < 4.78 is 25.4. The highest BCUT2D eigenvalue weighted by molar-refractivity contribution is 7.89. The number of hydrogen-bond acceptors (Lipinski definition) is 4. The van der Waals surface area contributed by atoms with E-state index in [0.717, 1.165) is 0 Å². The van der Waals surface area contributed by atoms with Crippen molar-refractivity contribution in [2.75, 3.05) is 19.3 Å². The van der Waals surface area contributed by atoms with E-state index < -0.39 is 16.1 Å². The van der Waals surface area contributed by atoms with Crippen LogP contribution in [0.25, 0.3) is 0 Å². The maximum Gasteiger partial charge on any atom is 0.242 e. The molecule has 0 aliphatic rings. The van der Waals surface area contributed by atoms with Crippen molar-refractivity contribution in [3.63, 3.8) is 0 Å². The van der Waals surface area contributed by atoms with Crippen LogP contribution in [0.4, 0.5) is 5.69 Å². The molecule has 0 bridgehead atoms. The normalized spacial score (nSPS) is 13.9. The molecular weight excluding hydrogens is 240 g/mol. The van der Waals surface area contributed by atoms with Crippen LogP contribution in [-0.2, 0) is 10.0 Å². The molecule has 1 rings (SSSR count). The van der Waals surface area contributed by atoms with E-state index in [1.807, 2.05) is 0 Å². The predicted molar refractivity (Wildman–Crippen MR) is 67.0 cm³/mol. The maximum atomic E-state index is 12.1. The van der Waals surface area contributed by atoms with Gasteiger partial charge < -0.3 is 10.8 Å². The second-order valence-electron chi connectivity index (χ2n) is 4.04. The molecule has 0 aliphatic heterocycles. The van der Waals surface area contributed by atoms with Crippen molar-refractivity contribution >= 4 is 15.7 Å². The van der Waals surface area contributed by atoms with Crippen LogP contribution in [0.5, 0.6) is 0 Å². The van der Waals surface area contributed by atoms with E-state index in [0.29, 0.717) is 12.1 Å². The van der Waals surface area contributed by atoms with Gasteiger partial charge in [0.05, 0.1) is 11.0 Å². The lowest BCUT2D eigenvalue weighted by Gasteiger charge is -2.18. The van der Waals surface area contributed by atoms with Gasteiger partial charge in [-0.15, -0.1) is 0 Å². The molecule has 0 saturated heterocycles. The van der Waals surface area contributed by atoms with Gasteiger partial charge in [-0.25, -0.2) is 12.7 Å². The molecule has 0 heterocycles. The van der Waals surface area contributed by atoms with Gasteiger partial charge in [0.2, 0.25) is 10.0 Å². The predicted octanol–water partition coefficient (Wildman–Crippen LogP) is 0.660. The zero-order valence-corrected chi connectivity index (χ0v) is 10.8. The van der Waals surface area contributed by atoms with Gasteiger partial charge in [-0.3, -0.25) is 0 Å². The van der Waals surface area contributed by atoms with Crippen LogP contribution in [0.2, 0.25) is 0 Å². The number of nitrogen functional groups attached to an aromatic ring is 1. The molecule has 1 aromatic rings. The summed E-state index contributed by atoms with van der Waals surface area (Å²) in [5, 5.41) is 9.14. The molecule has 3 N–H and O–H groups in total. The van der Waals surface area contributed by atoms with Gasteiger partial charge in [-0.05, 0) is 31.5 Å². The molecule has 0 amide bonds. The third-order valence-electron chi connectivity index (χ3n) is 2.43. The Morgan fingerprint density at radius 3 is 2.65 bits per heavy atom. The van der Waals surface area contributed by atoms with Gasteiger partial charge in [0.25, 0.3) is 0 Å². The molecule has 96 valence electrons. The van der Waals surface area contributed by atoms with Gasteiger partial charge in [0, 0.05) is 19.3 Å².